The van der Waals surface area contributed by atoms with Gasteiger partial charge in [0.05, 0.1) is 11.2 Å². The molecular weight excluding hydrogens is 229 g/mol. The Hall–Kier alpha value is -0.640. The lowest BCUT2D eigenvalue weighted by atomic mass is 9.94. The van der Waals surface area contributed by atoms with Crippen LogP contribution in [0.5, 0.6) is 0 Å². The molecule has 0 aliphatic heterocycles. The van der Waals surface area contributed by atoms with Crippen LogP contribution < -0.4 is 5.32 Å². The molecule has 0 heterocycles. The summed E-state index contributed by atoms with van der Waals surface area (Å²) in [5.41, 5.74) is -1.56. The van der Waals surface area contributed by atoms with Crippen molar-refractivity contribution in [1.82, 2.24) is 5.32 Å². The van der Waals surface area contributed by atoms with Gasteiger partial charge in [-0.2, -0.15) is 0 Å². The van der Waals surface area contributed by atoms with Crippen LogP contribution >= 0.6 is 7.60 Å². The number of carbonyl (C=O) groups is 1. The van der Waals surface area contributed by atoms with Gasteiger partial charge in [-0.3, -0.25) is 9.36 Å². The maximum atomic E-state index is 11.5. The van der Waals surface area contributed by atoms with Crippen molar-refractivity contribution in [2.45, 2.75) is 45.3 Å². The smallest absolute Gasteiger partial charge is 0.330 e. The first-order valence-corrected chi connectivity index (χ1v) is 6.76. The second kappa shape index (κ2) is 5.13. The molecule has 2 unspecified atom stereocenters. The van der Waals surface area contributed by atoms with Gasteiger partial charge in [-0.05, 0) is 27.2 Å². The lowest BCUT2D eigenvalue weighted by Gasteiger charge is -2.36. The van der Waals surface area contributed by atoms with Crippen LogP contribution in [0.15, 0.2) is 12.2 Å². The highest BCUT2D eigenvalue weighted by Gasteiger charge is 2.41. The Bertz CT molecular complexity index is 336. The highest BCUT2D eigenvalue weighted by Crippen LogP contribution is 2.46. The van der Waals surface area contributed by atoms with Gasteiger partial charge >= 0.3 is 7.60 Å². The SMILES string of the molecule is C=C(C)C(=O)NC(C)(CC)C(C)P(=O)(O)O. The largest absolute Gasteiger partial charge is 0.346 e. The van der Waals surface area contributed by atoms with Crippen LogP contribution in [0.25, 0.3) is 0 Å². The van der Waals surface area contributed by atoms with Crippen LogP contribution in [-0.2, 0) is 9.36 Å². The van der Waals surface area contributed by atoms with Crippen LogP contribution in [-0.4, -0.2) is 26.9 Å². The second-order valence-corrected chi connectivity index (χ2v) is 6.22. The third-order valence-corrected chi connectivity index (χ3v) is 4.53. The molecule has 0 fully saturated rings. The first kappa shape index (κ1) is 15.4. The van der Waals surface area contributed by atoms with Gasteiger partial charge in [0.25, 0.3) is 0 Å². The van der Waals surface area contributed by atoms with E-state index in [1.165, 1.54) is 6.92 Å². The fraction of sp³-hybridized carbons (Fsp3) is 0.700. The Balaban J connectivity index is 5.00. The molecule has 0 aliphatic carbocycles. The highest BCUT2D eigenvalue weighted by molar-refractivity contribution is 7.52. The topological polar surface area (TPSA) is 86.6 Å². The van der Waals surface area contributed by atoms with Crippen molar-refractivity contribution in [2.75, 3.05) is 0 Å². The molecule has 0 rings (SSSR count). The molecule has 0 aromatic carbocycles. The number of nitrogens with one attached hydrogen (secondary N) is 1. The minimum atomic E-state index is -4.23. The summed E-state index contributed by atoms with van der Waals surface area (Å²) in [5.74, 6) is -0.385. The van der Waals surface area contributed by atoms with Gasteiger partial charge in [0.2, 0.25) is 5.91 Å². The lowest BCUT2D eigenvalue weighted by Crippen LogP contribution is -2.52. The molecule has 0 bridgehead atoms. The molecule has 1 amide bonds. The van der Waals surface area contributed by atoms with Gasteiger partial charge in [0.15, 0.2) is 0 Å². The summed E-state index contributed by atoms with van der Waals surface area (Å²) >= 11 is 0. The molecule has 0 aliphatic rings. The van der Waals surface area contributed by atoms with Gasteiger partial charge < -0.3 is 15.1 Å². The third kappa shape index (κ3) is 3.74. The molecule has 2 atom stereocenters. The number of hydrogen-bond donors (Lipinski definition) is 3. The van der Waals surface area contributed by atoms with E-state index in [4.69, 9.17) is 9.79 Å². The number of amides is 1. The highest BCUT2D eigenvalue weighted by atomic mass is 31.2. The Kier molecular flexibility index (Phi) is 4.92. The molecular formula is C10H20NO4P. The van der Waals surface area contributed by atoms with E-state index in [0.29, 0.717) is 12.0 Å². The predicted molar refractivity (Wildman–Crippen MR) is 63.2 cm³/mol. The minimum absolute atomic E-state index is 0.317. The quantitative estimate of drug-likeness (QED) is 0.508. The van der Waals surface area contributed by atoms with Crippen LogP contribution in [0.4, 0.5) is 0 Å². The van der Waals surface area contributed by atoms with E-state index in [2.05, 4.69) is 11.9 Å². The van der Waals surface area contributed by atoms with E-state index in [9.17, 15) is 9.36 Å². The van der Waals surface area contributed by atoms with Crippen molar-refractivity contribution in [3.05, 3.63) is 12.2 Å². The van der Waals surface area contributed by atoms with Crippen molar-refractivity contribution in [3.63, 3.8) is 0 Å². The molecule has 94 valence electrons. The van der Waals surface area contributed by atoms with Gasteiger partial charge in [0.1, 0.15) is 0 Å². The Morgan fingerprint density at radius 1 is 1.56 bits per heavy atom. The van der Waals surface area contributed by atoms with E-state index in [-0.39, 0.29) is 5.91 Å². The van der Waals surface area contributed by atoms with E-state index in [1.54, 1.807) is 20.8 Å². The zero-order chi connectivity index (χ0) is 13.1. The molecule has 0 saturated heterocycles. The zero-order valence-corrected chi connectivity index (χ0v) is 11.0. The number of rotatable bonds is 5. The van der Waals surface area contributed by atoms with Crippen molar-refractivity contribution < 1.29 is 19.1 Å². The van der Waals surface area contributed by atoms with Gasteiger partial charge in [-0.1, -0.05) is 13.5 Å². The van der Waals surface area contributed by atoms with Crippen molar-refractivity contribution >= 4 is 13.5 Å². The van der Waals surface area contributed by atoms with E-state index >= 15 is 0 Å². The summed E-state index contributed by atoms with van der Waals surface area (Å²) in [6.45, 7) is 9.86. The van der Waals surface area contributed by atoms with Crippen LogP contribution in [0, 0.1) is 0 Å². The monoisotopic (exact) mass is 249 g/mol. The standard InChI is InChI=1S/C10H20NO4P/c1-6-10(5,8(4)16(13,14)15)11-9(12)7(2)3/h8H,2,6H2,1,3-5H3,(H,11,12)(H2,13,14,15). The maximum Gasteiger partial charge on any atom is 0.330 e. The normalized spacial score (nSPS) is 17.4. The predicted octanol–water partition coefficient (Wildman–Crippen LogP) is 1.41. The molecule has 0 spiro atoms. The van der Waals surface area contributed by atoms with Gasteiger partial charge in [-0.15, -0.1) is 0 Å². The number of hydrogen-bond acceptors (Lipinski definition) is 2. The summed E-state index contributed by atoms with van der Waals surface area (Å²) in [7, 11) is -4.23. The zero-order valence-electron chi connectivity index (χ0n) is 10.1. The van der Waals surface area contributed by atoms with E-state index in [0.717, 1.165) is 0 Å². The average Bonchev–Trinajstić information content (AvgIpc) is 2.14. The summed E-state index contributed by atoms with van der Waals surface area (Å²) < 4.78 is 11.2. The molecule has 16 heavy (non-hydrogen) atoms. The molecule has 0 saturated carbocycles. The molecule has 0 aromatic heterocycles. The molecule has 0 aromatic rings. The van der Waals surface area contributed by atoms with Crippen LogP contribution in [0.2, 0.25) is 0 Å². The lowest BCUT2D eigenvalue weighted by molar-refractivity contribution is -0.119. The van der Waals surface area contributed by atoms with Gasteiger partial charge in [0, 0.05) is 5.57 Å². The average molecular weight is 249 g/mol. The molecule has 3 N–H and O–H groups in total. The Morgan fingerprint density at radius 3 is 2.25 bits per heavy atom. The maximum absolute atomic E-state index is 11.5. The van der Waals surface area contributed by atoms with E-state index < -0.39 is 18.8 Å². The Labute approximate surface area is 96.1 Å². The first-order valence-electron chi connectivity index (χ1n) is 5.08. The van der Waals surface area contributed by atoms with Crippen LogP contribution in [0.1, 0.15) is 34.1 Å². The summed E-state index contributed by atoms with van der Waals surface area (Å²) in [6, 6.07) is 0. The molecule has 5 nitrogen and oxygen atoms in total. The second-order valence-electron chi connectivity index (χ2n) is 4.27. The van der Waals surface area contributed by atoms with Crippen molar-refractivity contribution in [1.29, 1.82) is 0 Å². The van der Waals surface area contributed by atoms with Crippen molar-refractivity contribution in [2.24, 2.45) is 0 Å². The summed E-state index contributed by atoms with van der Waals surface area (Å²) in [4.78, 5) is 29.8. The van der Waals surface area contributed by atoms with Crippen molar-refractivity contribution in [3.8, 4) is 0 Å². The molecule has 6 heteroatoms. The number of carbonyl (C=O) groups excluding carboxylic acids is 1. The fourth-order valence-corrected chi connectivity index (χ4v) is 2.21. The molecule has 0 radical (unpaired) electrons. The fourth-order valence-electron chi connectivity index (χ4n) is 1.23. The summed E-state index contributed by atoms with van der Waals surface area (Å²) in [5, 5.41) is 2.62. The van der Waals surface area contributed by atoms with E-state index in [1.807, 2.05) is 0 Å². The van der Waals surface area contributed by atoms with Crippen LogP contribution in [0.3, 0.4) is 0 Å². The first-order chi connectivity index (χ1) is 7.04. The Morgan fingerprint density at radius 2 is 2.00 bits per heavy atom. The van der Waals surface area contributed by atoms with Gasteiger partial charge in [-0.25, -0.2) is 0 Å². The minimum Gasteiger partial charge on any atom is -0.346 e. The summed E-state index contributed by atoms with van der Waals surface area (Å²) in [6.07, 6.45) is 0.429. The third-order valence-electron chi connectivity index (χ3n) is 2.95.